The fourth-order valence-electron chi connectivity index (χ4n) is 3.02. The van der Waals surface area contributed by atoms with E-state index in [1.54, 1.807) is 51.1 Å². The summed E-state index contributed by atoms with van der Waals surface area (Å²) >= 11 is 6.01. The first-order chi connectivity index (χ1) is 14.7. The standard InChI is InChI=1S/C23H25ClN2O5/c1-23(2,3)31-22(27)26-18(13-17(25-26)14-7-9-16(24)10-8-14)15-11-19(28-4)21(30-6)20(12-15)29-5/h7-13H,1-6H3. The summed E-state index contributed by atoms with van der Waals surface area (Å²) in [7, 11) is 4.60. The number of nitrogens with zero attached hydrogens (tertiary/aromatic N) is 2. The number of carbonyl (C=O) groups excluding carboxylic acids is 1. The third kappa shape index (κ3) is 4.94. The molecule has 0 unspecified atom stereocenters. The van der Waals surface area contributed by atoms with Gasteiger partial charge in [-0.1, -0.05) is 23.7 Å². The molecule has 1 aromatic heterocycles. The number of ether oxygens (including phenoxy) is 4. The zero-order valence-corrected chi connectivity index (χ0v) is 19.1. The second kappa shape index (κ2) is 8.89. The molecular formula is C23H25ClN2O5. The Labute approximate surface area is 186 Å². The Morgan fingerprint density at radius 2 is 1.48 bits per heavy atom. The molecule has 2 aromatic carbocycles. The van der Waals surface area contributed by atoms with E-state index in [1.807, 2.05) is 12.1 Å². The molecule has 0 bridgehead atoms. The monoisotopic (exact) mass is 444 g/mol. The van der Waals surface area contributed by atoms with Crippen LogP contribution in [-0.4, -0.2) is 42.8 Å². The quantitative estimate of drug-likeness (QED) is 0.504. The molecule has 7 nitrogen and oxygen atoms in total. The van der Waals surface area contributed by atoms with Gasteiger partial charge in [0.1, 0.15) is 5.60 Å². The maximum absolute atomic E-state index is 13.0. The third-order valence-corrected chi connectivity index (χ3v) is 4.63. The molecule has 1 heterocycles. The Bertz CT molecular complexity index is 1060. The van der Waals surface area contributed by atoms with Crippen molar-refractivity contribution in [2.45, 2.75) is 26.4 Å². The summed E-state index contributed by atoms with van der Waals surface area (Å²) in [6.07, 6.45) is -0.600. The van der Waals surface area contributed by atoms with Crippen LogP contribution in [0.2, 0.25) is 5.02 Å². The second-order valence-electron chi connectivity index (χ2n) is 7.73. The van der Waals surface area contributed by atoms with E-state index in [0.717, 1.165) is 5.56 Å². The van der Waals surface area contributed by atoms with Crippen molar-refractivity contribution in [3.05, 3.63) is 47.5 Å². The summed E-state index contributed by atoms with van der Waals surface area (Å²) in [6, 6.07) is 12.5. The maximum Gasteiger partial charge on any atom is 0.435 e. The highest BCUT2D eigenvalue weighted by atomic mass is 35.5. The molecule has 0 aliphatic rings. The lowest BCUT2D eigenvalue weighted by atomic mass is 10.1. The van der Waals surface area contributed by atoms with E-state index in [0.29, 0.717) is 39.2 Å². The van der Waals surface area contributed by atoms with Crippen molar-refractivity contribution in [2.24, 2.45) is 0 Å². The molecule has 0 fully saturated rings. The zero-order valence-electron chi connectivity index (χ0n) is 18.4. The van der Waals surface area contributed by atoms with Crippen LogP contribution in [0.15, 0.2) is 42.5 Å². The molecule has 0 atom stereocenters. The predicted molar refractivity (Wildman–Crippen MR) is 119 cm³/mol. The van der Waals surface area contributed by atoms with Crippen LogP contribution in [0.25, 0.3) is 22.5 Å². The summed E-state index contributed by atoms with van der Waals surface area (Å²) in [5, 5.41) is 5.12. The topological polar surface area (TPSA) is 71.8 Å². The summed E-state index contributed by atoms with van der Waals surface area (Å²) < 4.78 is 23.1. The van der Waals surface area contributed by atoms with Gasteiger partial charge in [0.25, 0.3) is 0 Å². The van der Waals surface area contributed by atoms with Gasteiger partial charge in [-0.05, 0) is 51.1 Å². The van der Waals surface area contributed by atoms with Gasteiger partial charge in [0.2, 0.25) is 5.75 Å². The minimum Gasteiger partial charge on any atom is -0.493 e. The van der Waals surface area contributed by atoms with Crippen LogP contribution < -0.4 is 14.2 Å². The van der Waals surface area contributed by atoms with Crippen molar-refractivity contribution in [1.82, 2.24) is 9.78 Å². The number of aromatic nitrogens is 2. The van der Waals surface area contributed by atoms with Gasteiger partial charge >= 0.3 is 6.09 Å². The number of rotatable bonds is 5. The van der Waals surface area contributed by atoms with Crippen LogP contribution in [0, 0.1) is 0 Å². The van der Waals surface area contributed by atoms with Gasteiger partial charge in [-0.25, -0.2) is 4.79 Å². The van der Waals surface area contributed by atoms with Crippen LogP contribution in [0.4, 0.5) is 4.79 Å². The highest BCUT2D eigenvalue weighted by Crippen LogP contribution is 2.42. The van der Waals surface area contributed by atoms with Crippen molar-refractivity contribution >= 4 is 17.7 Å². The first-order valence-corrected chi connectivity index (χ1v) is 9.94. The molecule has 0 N–H and O–H groups in total. The second-order valence-corrected chi connectivity index (χ2v) is 8.16. The molecule has 0 saturated carbocycles. The zero-order chi connectivity index (χ0) is 22.8. The number of halogens is 1. The largest absolute Gasteiger partial charge is 0.493 e. The van der Waals surface area contributed by atoms with Gasteiger partial charge in [0.15, 0.2) is 11.5 Å². The van der Waals surface area contributed by atoms with Crippen molar-refractivity contribution in [1.29, 1.82) is 0 Å². The summed E-state index contributed by atoms with van der Waals surface area (Å²) in [5.74, 6) is 1.37. The Hall–Kier alpha value is -3.19. The lowest BCUT2D eigenvalue weighted by Crippen LogP contribution is -2.28. The molecule has 0 aliphatic carbocycles. The lowest BCUT2D eigenvalue weighted by Gasteiger charge is -2.20. The molecule has 0 aliphatic heterocycles. The van der Waals surface area contributed by atoms with Gasteiger partial charge in [-0.15, -0.1) is 0 Å². The molecule has 0 radical (unpaired) electrons. The van der Waals surface area contributed by atoms with Crippen LogP contribution in [0.5, 0.6) is 17.2 Å². The molecule has 3 rings (SSSR count). The Balaban J connectivity index is 2.20. The SMILES string of the molecule is COc1cc(-c2cc(-c3ccc(Cl)cc3)nn2C(=O)OC(C)(C)C)cc(OC)c1OC. The molecular weight excluding hydrogens is 420 g/mol. The molecule has 8 heteroatoms. The average Bonchev–Trinajstić information content (AvgIpc) is 3.17. The van der Waals surface area contributed by atoms with Gasteiger partial charge in [0.05, 0.1) is 32.7 Å². The molecule has 31 heavy (non-hydrogen) atoms. The number of benzene rings is 2. The minimum atomic E-state index is -0.684. The first-order valence-electron chi connectivity index (χ1n) is 9.56. The molecule has 0 spiro atoms. The van der Waals surface area contributed by atoms with E-state index in [9.17, 15) is 4.79 Å². The fourth-order valence-corrected chi connectivity index (χ4v) is 3.15. The van der Waals surface area contributed by atoms with Crippen molar-refractivity contribution in [3.63, 3.8) is 0 Å². The van der Waals surface area contributed by atoms with Crippen LogP contribution in [0.3, 0.4) is 0 Å². The van der Waals surface area contributed by atoms with E-state index < -0.39 is 11.7 Å². The summed E-state index contributed by atoms with van der Waals surface area (Å²) in [6.45, 7) is 5.40. The van der Waals surface area contributed by atoms with Crippen LogP contribution in [-0.2, 0) is 4.74 Å². The highest BCUT2D eigenvalue weighted by molar-refractivity contribution is 6.30. The van der Waals surface area contributed by atoms with E-state index in [4.69, 9.17) is 30.5 Å². The minimum absolute atomic E-state index is 0.454. The van der Waals surface area contributed by atoms with Gasteiger partial charge in [0, 0.05) is 16.1 Å². The molecule has 3 aromatic rings. The Morgan fingerprint density at radius 3 is 1.97 bits per heavy atom. The van der Waals surface area contributed by atoms with Gasteiger partial charge < -0.3 is 18.9 Å². The maximum atomic E-state index is 13.0. The molecule has 0 saturated heterocycles. The predicted octanol–water partition coefficient (Wildman–Crippen LogP) is 5.68. The van der Waals surface area contributed by atoms with Crippen LogP contribution >= 0.6 is 11.6 Å². The molecule has 164 valence electrons. The van der Waals surface area contributed by atoms with E-state index in [-0.39, 0.29) is 0 Å². The third-order valence-electron chi connectivity index (χ3n) is 4.38. The Kier molecular flexibility index (Phi) is 6.45. The fraction of sp³-hybridized carbons (Fsp3) is 0.304. The summed E-state index contributed by atoms with van der Waals surface area (Å²) in [5.41, 5.74) is 1.87. The lowest BCUT2D eigenvalue weighted by molar-refractivity contribution is 0.0518. The van der Waals surface area contributed by atoms with Gasteiger partial charge in [-0.3, -0.25) is 0 Å². The number of carbonyl (C=O) groups is 1. The van der Waals surface area contributed by atoms with Crippen molar-refractivity contribution in [3.8, 4) is 39.8 Å². The normalized spacial score (nSPS) is 11.2. The van der Waals surface area contributed by atoms with Crippen molar-refractivity contribution in [2.75, 3.05) is 21.3 Å². The number of hydrogen-bond acceptors (Lipinski definition) is 6. The smallest absolute Gasteiger partial charge is 0.435 e. The van der Waals surface area contributed by atoms with E-state index in [1.165, 1.54) is 26.0 Å². The number of methoxy groups -OCH3 is 3. The van der Waals surface area contributed by atoms with E-state index >= 15 is 0 Å². The molecule has 0 amide bonds. The van der Waals surface area contributed by atoms with E-state index in [2.05, 4.69) is 5.10 Å². The van der Waals surface area contributed by atoms with Crippen LogP contribution in [0.1, 0.15) is 20.8 Å². The first kappa shape index (κ1) is 22.5. The average molecular weight is 445 g/mol. The van der Waals surface area contributed by atoms with Gasteiger partial charge in [-0.2, -0.15) is 9.78 Å². The van der Waals surface area contributed by atoms with Crippen molar-refractivity contribution < 1.29 is 23.7 Å². The highest BCUT2D eigenvalue weighted by Gasteiger charge is 2.24. The summed E-state index contributed by atoms with van der Waals surface area (Å²) in [4.78, 5) is 13.0. The number of hydrogen-bond donors (Lipinski definition) is 0. The Morgan fingerprint density at radius 1 is 0.903 bits per heavy atom.